The molecule has 5 atom stereocenters. The number of carboxylic acids is 4. The minimum absolute atomic E-state index is 0.0355. The number of hydrogen-bond acceptors (Lipinski definition) is 20. The number of halogens is 2. The number of anilines is 2. The Labute approximate surface area is 516 Å². The number of carbonyl (C=O) groups excluding carboxylic acids is 6. The molecule has 0 aliphatic carbocycles. The number of ether oxygens (including phenoxy) is 5. The number of unbranched alkanes of at least 4 members (excludes halogenated alkanes) is 1. The summed E-state index contributed by atoms with van der Waals surface area (Å²) in [6.07, 6.45) is 0.305. The molecule has 3 aromatic rings. The predicted octanol–water partition coefficient (Wildman–Crippen LogP) is 2.57. The zero-order valence-electron chi connectivity index (χ0n) is 49.3. The van der Waals surface area contributed by atoms with E-state index in [9.17, 15) is 71.9 Å². The van der Waals surface area contributed by atoms with E-state index in [1.54, 1.807) is 13.8 Å². The molecule has 0 spiro atoms. The summed E-state index contributed by atoms with van der Waals surface area (Å²) in [6, 6.07) is -0.459. The first kappa shape index (κ1) is 71.9. The molecule has 0 unspecified atom stereocenters. The number of pyridine rings is 2. The summed E-state index contributed by atoms with van der Waals surface area (Å²) in [5.41, 5.74) is 0.705. The van der Waals surface area contributed by atoms with E-state index in [0.29, 0.717) is 24.8 Å². The second kappa shape index (κ2) is 37.2. The largest absolute Gasteiger partial charge is 0.493 e. The third kappa shape index (κ3) is 24.9. The number of amides is 8. The number of hydrogen-bond donors (Lipinski definition) is 11. The fourth-order valence-electron chi connectivity index (χ4n) is 8.94. The summed E-state index contributed by atoms with van der Waals surface area (Å²) in [7, 11) is -2.22. The van der Waals surface area contributed by atoms with Crippen LogP contribution in [-0.4, -0.2) is 198 Å². The molecule has 4 heterocycles. The van der Waals surface area contributed by atoms with Crippen LogP contribution >= 0.6 is 0 Å². The van der Waals surface area contributed by atoms with E-state index in [2.05, 4.69) is 46.2 Å². The molecular weight excluding hydrogens is 1220 g/mol. The van der Waals surface area contributed by atoms with Crippen molar-refractivity contribution in [1.82, 2.24) is 46.8 Å². The summed E-state index contributed by atoms with van der Waals surface area (Å²) in [5.74, 6) is -10.4. The van der Waals surface area contributed by atoms with E-state index >= 15 is 4.39 Å². The molecular formula is C56H74F2N11O20S-. The molecule has 90 heavy (non-hydrogen) atoms. The molecule has 2 aliphatic rings. The summed E-state index contributed by atoms with van der Waals surface area (Å²) in [5, 5.41) is 54.4. The van der Waals surface area contributed by atoms with Gasteiger partial charge in [0.25, 0.3) is 0 Å². The van der Waals surface area contributed by atoms with Crippen LogP contribution in [0.15, 0.2) is 47.0 Å². The van der Waals surface area contributed by atoms with Gasteiger partial charge >= 0.3 is 35.9 Å². The molecule has 34 heteroatoms. The van der Waals surface area contributed by atoms with Crippen LogP contribution in [0, 0.1) is 17.6 Å². The average molecular weight is 1290 g/mol. The molecule has 11 N–H and O–H groups in total. The van der Waals surface area contributed by atoms with Gasteiger partial charge in [0.05, 0.1) is 65.5 Å². The van der Waals surface area contributed by atoms with Crippen LogP contribution in [0.1, 0.15) is 83.6 Å². The first-order chi connectivity index (χ1) is 43.0. The molecule has 5 rings (SSSR count). The van der Waals surface area contributed by atoms with Crippen molar-refractivity contribution >= 4 is 81.8 Å². The van der Waals surface area contributed by atoms with Gasteiger partial charge in [-0.15, -0.1) is 0 Å². The van der Waals surface area contributed by atoms with Gasteiger partial charge in [-0.05, 0) is 68.7 Å². The smallest absolute Gasteiger partial charge is 0.326 e. The Balaban J connectivity index is 0.988. The normalized spacial score (nSPS) is 15.3. The maximum absolute atomic E-state index is 15.1. The third-order valence-electron chi connectivity index (χ3n) is 13.4. The SMILES string of the molecule is CC(C)[C@H](NC(=O)[C@@H]1CCCN1C(=O)[C@H](CC(=O)O)NC(=O)CCOCCOCCOCCNC(=O)NCCCC[C@H](NC(=O)N[C@@H](CCC(=O)O)C(=O)O)C(=O)O)C(=O)N=[S-](=O)Cc1cc2nc(c1)OCCCOc1cc(F)ccc1-c1cc(ncc1F)N2. The highest BCUT2D eigenvalue weighted by atomic mass is 32.2. The number of likely N-dealkylation sites (tertiary alicyclic amines) is 1. The van der Waals surface area contributed by atoms with E-state index < -0.39 is 137 Å². The van der Waals surface area contributed by atoms with Crippen molar-refractivity contribution in [3.05, 3.63) is 59.8 Å². The fraction of sp³-hybridized carbons (Fsp3) is 0.536. The number of aromatic nitrogens is 2. The lowest BCUT2D eigenvalue weighted by Crippen LogP contribution is -2.56. The van der Waals surface area contributed by atoms with Crippen LogP contribution in [-0.2, 0) is 73.1 Å². The topological polar surface area (TPSA) is 440 Å². The molecule has 0 saturated carbocycles. The highest BCUT2D eigenvalue weighted by molar-refractivity contribution is 7.74. The van der Waals surface area contributed by atoms with Crippen LogP contribution < -0.4 is 46.7 Å². The van der Waals surface area contributed by atoms with Gasteiger partial charge in [0.1, 0.15) is 59.2 Å². The molecule has 8 amide bonds. The third-order valence-corrected chi connectivity index (χ3v) is 14.3. The Hall–Kier alpha value is -8.89. The Morgan fingerprint density at radius 3 is 2.10 bits per heavy atom. The molecule has 1 aromatic carbocycles. The van der Waals surface area contributed by atoms with Crippen LogP contribution in [0.25, 0.3) is 11.1 Å². The Morgan fingerprint density at radius 1 is 0.733 bits per heavy atom. The minimum Gasteiger partial charge on any atom is -0.493 e. The maximum Gasteiger partial charge on any atom is 0.326 e. The van der Waals surface area contributed by atoms with Crippen molar-refractivity contribution in [2.45, 2.75) is 114 Å². The van der Waals surface area contributed by atoms with Gasteiger partial charge in [-0.25, -0.2) is 32.9 Å². The molecule has 2 aromatic heterocycles. The van der Waals surface area contributed by atoms with Gasteiger partial charge < -0.3 is 94.8 Å². The lowest BCUT2D eigenvalue weighted by atomic mass is 10.0. The van der Waals surface area contributed by atoms with Gasteiger partial charge in [0.2, 0.25) is 29.5 Å². The van der Waals surface area contributed by atoms with Crippen LogP contribution in [0.4, 0.5) is 30.0 Å². The number of fused-ring (bicyclic) bond motifs is 6. The van der Waals surface area contributed by atoms with Crippen molar-refractivity contribution in [2.24, 2.45) is 10.3 Å². The van der Waals surface area contributed by atoms with Gasteiger partial charge in [0, 0.05) is 62.2 Å². The van der Waals surface area contributed by atoms with Gasteiger partial charge in [-0.3, -0.25) is 28.8 Å². The number of urea groups is 2. The summed E-state index contributed by atoms with van der Waals surface area (Å²) in [4.78, 5) is 134. The van der Waals surface area contributed by atoms with Crippen LogP contribution in [0.5, 0.6) is 11.6 Å². The Morgan fingerprint density at radius 2 is 1.41 bits per heavy atom. The molecule has 4 bridgehead atoms. The molecule has 31 nitrogen and oxygen atoms in total. The Kier molecular flexibility index (Phi) is 29.7. The summed E-state index contributed by atoms with van der Waals surface area (Å²) < 4.78 is 74.6. The summed E-state index contributed by atoms with van der Waals surface area (Å²) >= 11 is 0. The number of nitrogens with one attached hydrogen (secondary N) is 7. The van der Waals surface area contributed by atoms with E-state index in [-0.39, 0.29) is 138 Å². The van der Waals surface area contributed by atoms with Crippen molar-refractivity contribution in [2.75, 3.05) is 77.8 Å². The number of carbonyl (C=O) groups is 10. The minimum atomic E-state index is -2.22. The monoisotopic (exact) mass is 1290 g/mol. The number of rotatable bonds is 34. The molecule has 1 saturated heterocycles. The van der Waals surface area contributed by atoms with Crippen molar-refractivity contribution < 1.29 is 105 Å². The number of benzene rings is 1. The summed E-state index contributed by atoms with van der Waals surface area (Å²) in [6.45, 7) is 4.22. The highest BCUT2D eigenvalue weighted by Gasteiger charge is 2.40. The second-order valence-corrected chi connectivity index (χ2v) is 21.8. The van der Waals surface area contributed by atoms with Crippen molar-refractivity contribution in [3.63, 3.8) is 0 Å². The van der Waals surface area contributed by atoms with Crippen molar-refractivity contribution in [3.8, 4) is 22.8 Å². The maximum atomic E-state index is 15.1. The molecule has 2 aliphatic heterocycles. The van der Waals surface area contributed by atoms with E-state index in [0.717, 1.165) is 17.2 Å². The quantitative estimate of drug-likeness (QED) is 0.0302. The zero-order valence-corrected chi connectivity index (χ0v) is 50.2. The van der Waals surface area contributed by atoms with Gasteiger partial charge in [-0.1, -0.05) is 25.2 Å². The first-order valence-electron chi connectivity index (χ1n) is 28.7. The van der Waals surface area contributed by atoms with Gasteiger partial charge in [-0.2, -0.15) is 15.6 Å². The lowest BCUT2D eigenvalue weighted by molar-refractivity contribution is -0.146. The molecule has 494 valence electrons. The molecule has 0 radical (unpaired) electrons. The second-order valence-electron chi connectivity index (χ2n) is 20.7. The average Bonchev–Trinajstić information content (AvgIpc) is 1.38. The highest BCUT2D eigenvalue weighted by Crippen LogP contribution is 2.35. The van der Waals surface area contributed by atoms with Crippen LogP contribution in [0.3, 0.4) is 0 Å². The number of nitrogens with zero attached hydrogens (tertiary/aromatic N) is 4. The molecule has 1 fully saturated rings. The number of carboxylic acid groups (broad SMARTS) is 4. The number of aliphatic carboxylic acids is 4. The first-order valence-corrected chi connectivity index (χ1v) is 30.0. The van der Waals surface area contributed by atoms with E-state index in [1.807, 2.05) is 5.32 Å². The van der Waals surface area contributed by atoms with Crippen molar-refractivity contribution in [1.29, 1.82) is 0 Å². The fourth-order valence-corrected chi connectivity index (χ4v) is 9.77. The van der Waals surface area contributed by atoms with Crippen LogP contribution in [0.2, 0.25) is 0 Å². The predicted molar refractivity (Wildman–Crippen MR) is 311 cm³/mol. The lowest BCUT2D eigenvalue weighted by Gasteiger charge is -2.30. The standard InChI is InChI=1S/C56H74F2N11O20S/c1-32(2)49(51(76)68-90(84)31-33-25-44-65-43-28-36(37(58)30-61-43)35-10-9-34(57)27-42(35)88-17-6-18-89-46(26-33)66-44)67-50(75)41-8-5-16-69(41)52(77)40(29-48(73)74)62-45(70)13-19-85-21-23-87-24-22-86-20-15-60-55(82)59-14-4-3-7-38(53(78)79)63-56(83)64-39(54(80)81)11-12-47(71)72/h9-10,25-28,30,32,38-41,49H,3-8,11-24,29,31H2,1-2H3,(H,62,70)(H,67,75)(H,71,72)(H,73,74)(H,78,79)(H,80,81)(H2,59,60,82)(H,61,65,66)(H2,63,64,83)/q-1/t38-,39-,40-,41-,49-/m0/s1. The van der Waals surface area contributed by atoms with E-state index in [1.165, 1.54) is 30.3 Å². The Bertz CT molecular complexity index is 3100. The zero-order chi connectivity index (χ0) is 65.7. The van der Waals surface area contributed by atoms with E-state index in [4.69, 9.17) is 28.8 Å². The van der Waals surface area contributed by atoms with Gasteiger partial charge in [0.15, 0.2) is 0 Å².